The van der Waals surface area contributed by atoms with Crippen LogP contribution in [0.1, 0.15) is 53.4 Å². The molecule has 0 aliphatic heterocycles. The van der Waals surface area contributed by atoms with Crippen molar-refractivity contribution in [1.29, 1.82) is 0 Å². The minimum atomic E-state index is 0.457. The highest BCUT2D eigenvalue weighted by Crippen LogP contribution is 2.39. The molecule has 1 aliphatic carbocycles. The second-order valence-electron chi connectivity index (χ2n) is 5.84. The van der Waals surface area contributed by atoms with Gasteiger partial charge in [-0.1, -0.05) is 34.1 Å². The van der Waals surface area contributed by atoms with Gasteiger partial charge in [-0.2, -0.15) is 0 Å². The van der Waals surface area contributed by atoms with Crippen LogP contribution in [0.3, 0.4) is 0 Å². The average molecular weight is 226 g/mol. The standard InChI is InChI=1S/C14H30N2/c1-6-8-11-16(7-2)12-9-10-14(3,4)13(12)15-5/h12-13,15H,6-11H2,1-5H3. The first-order valence-corrected chi connectivity index (χ1v) is 6.98. The van der Waals surface area contributed by atoms with E-state index >= 15 is 0 Å². The van der Waals surface area contributed by atoms with Crippen molar-refractivity contribution in [3.8, 4) is 0 Å². The van der Waals surface area contributed by atoms with Crippen LogP contribution in [-0.4, -0.2) is 37.1 Å². The van der Waals surface area contributed by atoms with Crippen molar-refractivity contribution in [1.82, 2.24) is 10.2 Å². The molecular weight excluding hydrogens is 196 g/mol. The molecule has 2 unspecified atom stereocenters. The van der Waals surface area contributed by atoms with Gasteiger partial charge in [0.2, 0.25) is 0 Å². The molecule has 0 spiro atoms. The Hall–Kier alpha value is -0.0800. The summed E-state index contributed by atoms with van der Waals surface area (Å²) in [4.78, 5) is 2.68. The van der Waals surface area contributed by atoms with Gasteiger partial charge >= 0.3 is 0 Å². The lowest BCUT2D eigenvalue weighted by Gasteiger charge is -2.36. The molecule has 0 aromatic heterocycles. The van der Waals surface area contributed by atoms with E-state index in [1.807, 2.05) is 0 Å². The van der Waals surface area contributed by atoms with Crippen molar-refractivity contribution < 1.29 is 0 Å². The van der Waals surface area contributed by atoms with Crippen LogP contribution >= 0.6 is 0 Å². The van der Waals surface area contributed by atoms with Crippen LogP contribution in [0.2, 0.25) is 0 Å². The fourth-order valence-corrected chi connectivity index (χ4v) is 3.26. The van der Waals surface area contributed by atoms with E-state index in [4.69, 9.17) is 0 Å². The maximum atomic E-state index is 3.55. The van der Waals surface area contributed by atoms with Crippen LogP contribution < -0.4 is 5.32 Å². The highest BCUT2D eigenvalue weighted by Gasteiger charge is 2.42. The number of nitrogens with zero attached hydrogens (tertiary/aromatic N) is 1. The molecule has 0 radical (unpaired) electrons. The molecule has 0 bridgehead atoms. The average Bonchev–Trinajstić information content (AvgIpc) is 2.55. The summed E-state index contributed by atoms with van der Waals surface area (Å²) in [7, 11) is 2.12. The van der Waals surface area contributed by atoms with Crippen LogP contribution in [0.5, 0.6) is 0 Å². The quantitative estimate of drug-likeness (QED) is 0.749. The summed E-state index contributed by atoms with van der Waals surface area (Å²) in [6, 6.07) is 1.40. The normalized spacial score (nSPS) is 28.9. The first-order valence-electron chi connectivity index (χ1n) is 6.98. The maximum Gasteiger partial charge on any atom is 0.0271 e. The molecule has 2 nitrogen and oxygen atoms in total. The van der Waals surface area contributed by atoms with Crippen molar-refractivity contribution in [2.24, 2.45) is 5.41 Å². The molecule has 2 atom stereocenters. The Bertz CT molecular complexity index is 201. The van der Waals surface area contributed by atoms with Gasteiger partial charge in [0.25, 0.3) is 0 Å². The smallest absolute Gasteiger partial charge is 0.0271 e. The third-order valence-electron chi connectivity index (χ3n) is 4.30. The molecule has 2 heteroatoms. The Morgan fingerprint density at radius 3 is 2.50 bits per heavy atom. The summed E-state index contributed by atoms with van der Waals surface area (Å²) in [5.74, 6) is 0. The molecule has 1 fully saturated rings. The van der Waals surface area contributed by atoms with E-state index in [1.165, 1.54) is 38.8 Å². The Labute approximate surface area is 102 Å². The zero-order chi connectivity index (χ0) is 12.2. The molecule has 0 aromatic rings. The van der Waals surface area contributed by atoms with Crippen molar-refractivity contribution in [2.45, 2.75) is 65.5 Å². The van der Waals surface area contributed by atoms with Crippen molar-refractivity contribution >= 4 is 0 Å². The molecule has 1 N–H and O–H groups in total. The third-order valence-corrected chi connectivity index (χ3v) is 4.30. The number of hydrogen-bond donors (Lipinski definition) is 1. The summed E-state index contributed by atoms with van der Waals surface area (Å²) in [6.07, 6.45) is 5.35. The van der Waals surface area contributed by atoms with Crippen LogP contribution in [0.4, 0.5) is 0 Å². The molecule has 0 amide bonds. The number of nitrogens with one attached hydrogen (secondary N) is 1. The van der Waals surface area contributed by atoms with E-state index in [0.717, 1.165) is 6.04 Å². The van der Waals surface area contributed by atoms with E-state index in [1.54, 1.807) is 0 Å². The molecular formula is C14H30N2. The first kappa shape index (κ1) is 14.0. The van der Waals surface area contributed by atoms with Gasteiger partial charge in [0.05, 0.1) is 0 Å². The summed E-state index contributed by atoms with van der Waals surface area (Å²) in [5, 5.41) is 3.55. The van der Waals surface area contributed by atoms with Gasteiger partial charge in [-0.3, -0.25) is 4.90 Å². The zero-order valence-electron chi connectivity index (χ0n) is 11.8. The van der Waals surface area contributed by atoms with E-state index in [9.17, 15) is 0 Å². The third kappa shape index (κ3) is 2.98. The number of hydrogen-bond acceptors (Lipinski definition) is 2. The van der Waals surface area contributed by atoms with E-state index in [2.05, 4.69) is 45.0 Å². The summed E-state index contributed by atoms with van der Waals surface area (Å²) in [6.45, 7) is 11.9. The highest BCUT2D eigenvalue weighted by atomic mass is 15.2. The lowest BCUT2D eigenvalue weighted by molar-refractivity contribution is 0.153. The Balaban J connectivity index is 2.63. The van der Waals surface area contributed by atoms with Gasteiger partial charge in [-0.15, -0.1) is 0 Å². The monoisotopic (exact) mass is 226 g/mol. The summed E-state index contributed by atoms with van der Waals surface area (Å²) >= 11 is 0. The molecule has 96 valence electrons. The minimum absolute atomic E-state index is 0.457. The first-order chi connectivity index (χ1) is 7.56. The second-order valence-corrected chi connectivity index (χ2v) is 5.84. The summed E-state index contributed by atoms with van der Waals surface area (Å²) < 4.78 is 0. The van der Waals surface area contributed by atoms with Gasteiger partial charge in [-0.25, -0.2) is 0 Å². The van der Waals surface area contributed by atoms with Gasteiger partial charge in [0.1, 0.15) is 0 Å². The lowest BCUT2D eigenvalue weighted by Crippen LogP contribution is -2.50. The fraction of sp³-hybridized carbons (Fsp3) is 1.00. The van der Waals surface area contributed by atoms with Crippen molar-refractivity contribution in [3.05, 3.63) is 0 Å². The molecule has 1 rings (SSSR count). The molecule has 0 heterocycles. The number of likely N-dealkylation sites (N-methyl/N-ethyl adjacent to an activating group) is 2. The van der Waals surface area contributed by atoms with E-state index in [0.29, 0.717) is 11.5 Å². The number of unbranched alkanes of at least 4 members (excludes halogenated alkanes) is 1. The zero-order valence-corrected chi connectivity index (χ0v) is 11.8. The lowest BCUT2D eigenvalue weighted by atomic mass is 9.86. The molecule has 1 saturated carbocycles. The Morgan fingerprint density at radius 1 is 1.31 bits per heavy atom. The predicted molar refractivity (Wildman–Crippen MR) is 71.8 cm³/mol. The largest absolute Gasteiger partial charge is 0.315 e. The SMILES string of the molecule is CCCCN(CC)C1CCC(C)(C)C1NC. The minimum Gasteiger partial charge on any atom is -0.315 e. The summed E-state index contributed by atoms with van der Waals surface area (Å²) in [5.41, 5.74) is 0.457. The topological polar surface area (TPSA) is 15.3 Å². The van der Waals surface area contributed by atoms with E-state index in [-0.39, 0.29) is 0 Å². The molecule has 0 aromatic carbocycles. The van der Waals surface area contributed by atoms with Crippen LogP contribution in [-0.2, 0) is 0 Å². The molecule has 0 saturated heterocycles. The maximum absolute atomic E-state index is 3.55. The Morgan fingerprint density at radius 2 is 2.00 bits per heavy atom. The van der Waals surface area contributed by atoms with Gasteiger partial charge < -0.3 is 5.32 Å². The fourth-order valence-electron chi connectivity index (χ4n) is 3.26. The van der Waals surface area contributed by atoms with Crippen molar-refractivity contribution in [3.63, 3.8) is 0 Å². The van der Waals surface area contributed by atoms with Gasteiger partial charge in [0, 0.05) is 12.1 Å². The van der Waals surface area contributed by atoms with Crippen LogP contribution in [0.25, 0.3) is 0 Å². The van der Waals surface area contributed by atoms with Crippen molar-refractivity contribution in [2.75, 3.05) is 20.1 Å². The second kappa shape index (κ2) is 6.02. The predicted octanol–water partition coefficient (Wildman–Crippen LogP) is 2.89. The molecule has 16 heavy (non-hydrogen) atoms. The Kier molecular flexibility index (Phi) is 5.26. The van der Waals surface area contributed by atoms with Crippen LogP contribution in [0, 0.1) is 5.41 Å². The van der Waals surface area contributed by atoms with Gasteiger partial charge in [-0.05, 0) is 44.8 Å². The van der Waals surface area contributed by atoms with Crippen LogP contribution in [0.15, 0.2) is 0 Å². The number of rotatable bonds is 6. The molecule has 1 aliphatic rings. The van der Waals surface area contributed by atoms with E-state index < -0.39 is 0 Å². The highest BCUT2D eigenvalue weighted by molar-refractivity contribution is 5.00. The van der Waals surface area contributed by atoms with Gasteiger partial charge in [0.15, 0.2) is 0 Å².